The molecule has 0 bridgehead atoms. The van der Waals surface area contributed by atoms with Crippen LogP contribution in [0, 0.1) is 6.92 Å². The fourth-order valence-electron chi connectivity index (χ4n) is 2.17. The molecule has 1 amide bonds. The number of aromatic nitrogens is 1. The van der Waals surface area contributed by atoms with Crippen molar-refractivity contribution in [2.45, 2.75) is 30.1 Å². The third-order valence-electron chi connectivity index (χ3n) is 3.24. The number of carbonyl (C=O) groups is 1. The number of sulfonamides is 1. The van der Waals surface area contributed by atoms with E-state index in [1.165, 1.54) is 0 Å². The van der Waals surface area contributed by atoms with Gasteiger partial charge in [-0.05, 0) is 35.7 Å². The van der Waals surface area contributed by atoms with E-state index < -0.39 is 10.0 Å². The smallest absolute Gasteiger partial charge is 0.268 e. The molecule has 0 saturated carbocycles. The van der Waals surface area contributed by atoms with Crippen LogP contribution in [0.15, 0.2) is 8.13 Å². The first kappa shape index (κ1) is 16.8. The van der Waals surface area contributed by atoms with E-state index in [9.17, 15) is 13.2 Å². The number of hydrogen-bond acceptors (Lipinski definition) is 6. The summed E-state index contributed by atoms with van der Waals surface area (Å²) in [6, 6.07) is -0.137. The Morgan fingerprint density at radius 2 is 2.14 bits per heavy atom. The summed E-state index contributed by atoms with van der Waals surface area (Å²) in [5.41, 5.74) is 5.81. The SMILES string of the molecule is Cc1nc(S(=O)(=O)NC2CCN(CC(N)=O)CC2)sc1Br. The van der Waals surface area contributed by atoms with Crippen molar-refractivity contribution in [1.29, 1.82) is 0 Å². The second-order valence-electron chi connectivity index (χ2n) is 4.98. The zero-order valence-corrected chi connectivity index (χ0v) is 14.7. The molecule has 0 radical (unpaired) electrons. The van der Waals surface area contributed by atoms with Crippen molar-refractivity contribution >= 4 is 43.2 Å². The third-order valence-corrected chi connectivity index (χ3v) is 7.14. The minimum absolute atomic E-state index is 0.0754. The molecule has 1 saturated heterocycles. The number of nitrogens with zero attached hydrogens (tertiary/aromatic N) is 2. The van der Waals surface area contributed by atoms with Gasteiger partial charge >= 0.3 is 0 Å². The lowest BCUT2D eigenvalue weighted by atomic mass is 10.1. The van der Waals surface area contributed by atoms with Gasteiger partial charge in [0, 0.05) is 19.1 Å². The van der Waals surface area contributed by atoms with Crippen molar-refractivity contribution in [2.24, 2.45) is 5.73 Å². The van der Waals surface area contributed by atoms with Gasteiger partial charge in [-0.3, -0.25) is 9.69 Å². The minimum atomic E-state index is -3.58. The van der Waals surface area contributed by atoms with Crippen LogP contribution < -0.4 is 10.5 Å². The van der Waals surface area contributed by atoms with Gasteiger partial charge in [-0.15, -0.1) is 0 Å². The highest BCUT2D eigenvalue weighted by atomic mass is 79.9. The van der Waals surface area contributed by atoms with Crippen LogP contribution in [0.5, 0.6) is 0 Å². The molecule has 0 aromatic carbocycles. The summed E-state index contributed by atoms with van der Waals surface area (Å²) in [4.78, 5) is 16.8. The molecular formula is C11H17BrN4O3S2. The Morgan fingerprint density at radius 1 is 1.52 bits per heavy atom. The van der Waals surface area contributed by atoms with Gasteiger partial charge in [0.05, 0.1) is 16.0 Å². The van der Waals surface area contributed by atoms with Gasteiger partial charge in [0.15, 0.2) is 0 Å². The zero-order chi connectivity index (χ0) is 15.6. The molecule has 2 rings (SSSR count). The lowest BCUT2D eigenvalue weighted by Gasteiger charge is -2.30. The van der Waals surface area contributed by atoms with Gasteiger partial charge in [-0.2, -0.15) is 0 Å². The molecule has 1 fully saturated rings. The number of nitrogens with one attached hydrogen (secondary N) is 1. The molecule has 3 N–H and O–H groups in total. The fourth-order valence-corrected chi connectivity index (χ4v) is 5.43. The van der Waals surface area contributed by atoms with E-state index >= 15 is 0 Å². The van der Waals surface area contributed by atoms with Gasteiger partial charge in [-0.25, -0.2) is 18.1 Å². The highest BCUT2D eigenvalue weighted by Gasteiger charge is 2.27. The maximum absolute atomic E-state index is 12.3. The predicted octanol–water partition coefficient (Wildman–Crippen LogP) is 0.442. The topological polar surface area (TPSA) is 105 Å². The first-order valence-electron chi connectivity index (χ1n) is 6.44. The van der Waals surface area contributed by atoms with Crippen LogP contribution in [-0.2, 0) is 14.8 Å². The van der Waals surface area contributed by atoms with Gasteiger partial charge in [0.1, 0.15) is 0 Å². The molecule has 7 nitrogen and oxygen atoms in total. The summed E-state index contributed by atoms with van der Waals surface area (Å²) < 4.78 is 28.0. The lowest BCUT2D eigenvalue weighted by molar-refractivity contribution is -0.119. The normalized spacial score (nSPS) is 18.0. The average Bonchev–Trinajstić information content (AvgIpc) is 2.72. The second kappa shape index (κ2) is 6.69. The van der Waals surface area contributed by atoms with E-state index in [1.807, 2.05) is 4.90 Å². The highest BCUT2D eigenvalue weighted by molar-refractivity contribution is 9.11. The van der Waals surface area contributed by atoms with Gasteiger partial charge in [0.25, 0.3) is 10.0 Å². The van der Waals surface area contributed by atoms with Crippen LogP contribution in [0.2, 0.25) is 0 Å². The van der Waals surface area contributed by atoms with E-state index in [-0.39, 0.29) is 22.8 Å². The average molecular weight is 397 g/mol. The number of rotatable bonds is 5. The zero-order valence-electron chi connectivity index (χ0n) is 11.5. The maximum Gasteiger partial charge on any atom is 0.268 e. The van der Waals surface area contributed by atoms with Crippen molar-refractivity contribution in [3.8, 4) is 0 Å². The number of hydrogen-bond donors (Lipinski definition) is 2. The van der Waals surface area contributed by atoms with Gasteiger partial charge < -0.3 is 5.73 Å². The first-order chi connectivity index (χ1) is 9.78. The Kier molecular flexibility index (Phi) is 5.36. The molecule has 118 valence electrons. The largest absolute Gasteiger partial charge is 0.369 e. The monoisotopic (exact) mass is 396 g/mol. The van der Waals surface area contributed by atoms with Crippen LogP contribution >= 0.6 is 27.3 Å². The van der Waals surface area contributed by atoms with Gasteiger partial charge in [0.2, 0.25) is 10.2 Å². The van der Waals surface area contributed by atoms with Crippen LogP contribution in [0.3, 0.4) is 0 Å². The van der Waals surface area contributed by atoms with Crippen molar-refractivity contribution < 1.29 is 13.2 Å². The minimum Gasteiger partial charge on any atom is -0.369 e. The van der Waals surface area contributed by atoms with Crippen molar-refractivity contribution in [2.75, 3.05) is 19.6 Å². The maximum atomic E-state index is 12.3. The van der Waals surface area contributed by atoms with Crippen molar-refractivity contribution in [1.82, 2.24) is 14.6 Å². The van der Waals surface area contributed by atoms with Crippen LogP contribution in [0.1, 0.15) is 18.5 Å². The molecule has 1 aliphatic rings. The van der Waals surface area contributed by atoms with Crippen LogP contribution in [0.25, 0.3) is 0 Å². The van der Waals surface area contributed by atoms with Crippen LogP contribution in [0.4, 0.5) is 0 Å². The number of thiazole rings is 1. The summed E-state index contributed by atoms with van der Waals surface area (Å²) in [6.07, 6.45) is 1.30. The summed E-state index contributed by atoms with van der Waals surface area (Å²) in [7, 11) is -3.58. The number of likely N-dealkylation sites (tertiary alicyclic amines) is 1. The number of carbonyl (C=O) groups excluding carboxylic acids is 1. The Labute approximate surface area is 136 Å². The van der Waals surface area contributed by atoms with Crippen molar-refractivity contribution in [3.63, 3.8) is 0 Å². The summed E-state index contributed by atoms with van der Waals surface area (Å²) >= 11 is 4.38. The molecular weight excluding hydrogens is 380 g/mol. The molecule has 1 aromatic rings. The highest BCUT2D eigenvalue weighted by Crippen LogP contribution is 2.27. The quantitative estimate of drug-likeness (QED) is 0.750. The summed E-state index contributed by atoms with van der Waals surface area (Å²) in [5, 5.41) is 0. The second-order valence-corrected chi connectivity index (χ2v) is 9.18. The van der Waals surface area contributed by atoms with E-state index in [1.54, 1.807) is 6.92 Å². The number of amides is 1. The van der Waals surface area contributed by atoms with Crippen LogP contribution in [-0.4, -0.2) is 49.9 Å². The lowest BCUT2D eigenvalue weighted by Crippen LogP contribution is -2.46. The fraction of sp³-hybridized carbons (Fsp3) is 0.636. The summed E-state index contributed by atoms with van der Waals surface area (Å²) in [5.74, 6) is -0.364. The van der Waals surface area contributed by atoms with E-state index in [0.717, 1.165) is 15.1 Å². The Balaban J connectivity index is 1.95. The van der Waals surface area contributed by atoms with E-state index in [2.05, 4.69) is 25.6 Å². The Bertz CT molecular complexity index is 604. The predicted molar refractivity (Wildman–Crippen MR) is 83.5 cm³/mol. The molecule has 0 aliphatic carbocycles. The van der Waals surface area contributed by atoms with Gasteiger partial charge in [-0.1, -0.05) is 11.3 Å². The molecule has 0 unspecified atom stereocenters. The third kappa shape index (κ3) is 4.46. The number of halogens is 1. The number of aryl methyl sites for hydroxylation is 1. The molecule has 0 spiro atoms. The standard InChI is InChI=1S/C11H17BrN4O3S2/c1-7-10(12)20-11(14-7)21(18,19)15-8-2-4-16(5-3-8)6-9(13)17/h8,15H,2-6H2,1H3,(H2,13,17). The molecule has 10 heteroatoms. The van der Waals surface area contributed by atoms with E-state index in [4.69, 9.17) is 5.73 Å². The molecule has 1 aliphatic heterocycles. The number of primary amides is 1. The molecule has 0 atom stereocenters. The summed E-state index contributed by atoms with van der Waals surface area (Å²) in [6.45, 7) is 3.27. The Hall–Kier alpha value is -0.550. The molecule has 2 heterocycles. The number of nitrogens with two attached hydrogens (primary N) is 1. The molecule has 21 heavy (non-hydrogen) atoms. The van der Waals surface area contributed by atoms with Crippen molar-refractivity contribution in [3.05, 3.63) is 9.48 Å². The molecule has 1 aromatic heterocycles. The van der Waals surface area contributed by atoms with E-state index in [0.29, 0.717) is 31.6 Å². The first-order valence-corrected chi connectivity index (χ1v) is 9.53. The number of piperidine rings is 1. The Morgan fingerprint density at radius 3 is 2.62 bits per heavy atom.